The van der Waals surface area contributed by atoms with Gasteiger partial charge in [-0.15, -0.1) is 0 Å². The molecular weight excluding hydrogens is 214 g/mol. The van der Waals surface area contributed by atoms with Crippen LogP contribution in [-0.2, 0) is 6.42 Å². The molecule has 0 aliphatic carbocycles. The van der Waals surface area contributed by atoms with Crippen molar-refractivity contribution in [2.75, 3.05) is 6.54 Å². The zero-order valence-electron chi connectivity index (χ0n) is 9.52. The van der Waals surface area contributed by atoms with E-state index >= 15 is 0 Å². The first-order valence-corrected chi connectivity index (χ1v) is 6.60. The Labute approximate surface area is 101 Å². The van der Waals surface area contributed by atoms with Gasteiger partial charge in [-0.05, 0) is 47.8 Å². The van der Waals surface area contributed by atoms with Gasteiger partial charge in [0.15, 0.2) is 0 Å². The third-order valence-corrected chi connectivity index (χ3v) is 3.48. The van der Waals surface area contributed by atoms with E-state index < -0.39 is 0 Å². The zero-order chi connectivity index (χ0) is 11.2. The summed E-state index contributed by atoms with van der Waals surface area (Å²) in [6.07, 6.45) is 1.11. The Morgan fingerprint density at radius 3 is 2.69 bits per heavy atom. The molecular formula is C14H17NS. The summed E-state index contributed by atoms with van der Waals surface area (Å²) in [6.45, 7) is 3.25. The summed E-state index contributed by atoms with van der Waals surface area (Å²) >= 11 is 1.77. The summed E-state index contributed by atoms with van der Waals surface area (Å²) in [7, 11) is 0. The molecule has 84 valence electrons. The molecule has 0 fully saturated rings. The highest BCUT2D eigenvalue weighted by molar-refractivity contribution is 7.07. The van der Waals surface area contributed by atoms with Gasteiger partial charge in [-0.25, -0.2) is 0 Å². The Morgan fingerprint density at radius 2 is 2.00 bits per heavy atom. The molecule has 1 atom stereocenters. The summed E-state index contributed by atoms with van der Waals surface area (Å²) in [6, 6.07) is 13.2. The summed E-state index contributed by atoms with van der Waals surface area (Å²) in [5.74, 6) is 0. The SMILES string of the molecule is C[C@@H](NCCc1ccsc1)c1ccccc1. The van der Waals surface area contributed by atoms with Crippen LogP contribution in [0.25, 0.3) is 0 Å². The molecule has 1 heterocycles. The van der Waals surface area contributed by atoms with Gasteiger partial charge in [0.1, 0.15) is 0 Å². The lowest BCUT2D eigenvalue weighted by molar-refractivity contribution is 0.577. The van der Waals surface area contributed by atoms with Gasteiger partial charge in [-0.2, -0.15) is 11.3 Å². The summed E-state index contributed by atoms with van der Waals surface area (Å²) in [5, 5.41) is 7.89. The smallest absolute Gasteiger partial charge is 0.0291 e. The molecule has 2 rings (SSSR count). The van der Waals surface area contributed by atoms with Gasteiger partial charge < -0.3 is 5.32 Å². The lowest BCUT2D eigenvalue weighted by Gasteiger charge is -2.13. The molecule has 0 spiro atoms. The highest BCUT2D eigenvalue weighted by atomic mass is 32.1. The Morgan fingerprint density at radius 1 is 1.19 bits per heavy atom. The predicted molar refractivity (Wildman–Crippen MR) is 70.9 cm³/mol. The summed E-state index contributed by atoms with van der Waals surface area (Å²) < 4.78 is 0. The lowest BCUT2D eigenvalue weighted by atomic mass is 10.1. The van der Waals surface area contributed by atoms with Crippen molar-refractivity contribution in [1.29, 1.82) is 0 Å². The van der Waals surface area contributed by atoms with Crippen LogP contribution in [0.1, 0.15) is 24.1 Å². The van der Waals surface area contributed by atoms with Gasteiger partial charge in [-0.3, -0.25) is 0 Å². The number of hydrogen-bond donors (Lipinski definition) is 1. The Bertz CT molecular complexity index is 394. The molecule has 2 aromatic rings. The monoisotopic (exact) mass is 231 g/mol. The number of hydrogen-bond acceptors (Lipinski definition) is 2. The van der Waals surface area contributed by atoms with Crippen molar-refractivity contribution < 1.29 is 0 Å². The van der Waals surface area contributed by atoms with E-state index in [0.29, 0.717) is 6.04 Å². The standard InChI is InChI=1S/C14H17NS/c1-12(14-5-3-2-4-6-14)15-9-7-13-8-10-16-11-13/h2-6,8,10-12,15H,7,9H2,1H3/t12-/m1/s1. The highest BCUT2D eigenvalue weighted by Crippen LogP contribution is 2.11. The number of thiophene rings is 1. The Kier molecular flexibility index (Phi) is 4.14. The average Bonchev–Trinajstić information content (AvgIpc) is 2.83. The lowest BCUT2D eigenvalue weighted by Crippen LogP contribution is -2.21. The molecule has 0 unspecified atom stereocenters. The van der Waals surface area contributed by atoms with E-state index in [1.54, 1.807) is 11.3 Å². The van der Waals surface area contributed by atoms with E-state index in [2.05, 4.69) is 59.4 Å². The molecule has 0 bridgehead atoms. The minimum atomic E-state index is 0.430. The van der Waals surface area contributed by atoms with Gasteiger partial charge in [-0.1, -0.05) is 30.3 Å². The van der Waals surface area contributed by atoms with Gasteiger partial charge in [0.25, 0.3) is 0 Å². The second-order valence-electron chi connectivity index (χ2n) is 3.97. The first kappa shape index (κ1) is 11.4. The molecule has 0 radical (unpaired) electrons. The predicted octanol–water partition coefficient (Wildman–Crippen LogP) is 3.64. The number of rotatable bonds is 5. The van der Waals surface area contributed by atoms with E-state index in [0.717, 1.165) is 13.0 Å². The van der Waals surface area contributed by atoms with E-state index in [1.165, 1.54) is 11.1 Å². The second-order valence-corrected chi connectivity index (χ2v) is 4.75. The van der Waals surface area contributed by atoms with Crippen molar-refractivity contribution in [2.45, 2.75) is 19.4 Å². The second kappa shape index (κ2) is 5.83. The fraction of sp³-hybridized carbons (Fsp3) is 0.286. The van der Waals surface area contributed by atoms with E-state index in [-0.39, 0.29) is 0 Å². The van der Waals surface area contributed by atoms with Gasteiger partial charge in [0.2, 0.25) is 0 Å². The van der Waals surface area contributed by atoms with Crippen LogP contribution in [0.4, 0.5) is 0 Å². The molecule has 0 amide bonds. The molecule has 0 aliphatic heterocycles. The van der Waals surface area contributed by atoms with Crippen LogP contribution in [0.3, 0.4) is 0 Å². The number of nitrogens with one attached hydrogen (secondary N) is 1. The van der Waals surface area contributed by atoms with Crippen LogP contribution in [-0.4, -0.2) is 6.54 Å². The van der Waals surface area contributed by atoms with Crippen LogP contribution in [0, 0.1) is 0 Å². The maximum atomic E-state index is 3.54. The molecule has 1 aromatic heterocycles. The maximum Gasteiger partial charge on any atom is 0.0291 e. The minimum absolute atomic E-state index is 0.430. The molecule has 0 aliphatic rings. The van der Waals surface area contributed by atoms with Crippen molar-refractivity contribution >= 4 is 11.3 Å². The molecule has 16 heavy (non-hydrogen) atoms. The Hall–Kier alpha value is -1.12. The first-order valence-electron chi connectivity index (χ1n) is 5.65. The van der Waals surface area contributed by atoms with E-state index in [4.69, 9.17) is 0 Å². The Balaban J connectivity index is 1.78. The zero-order valence-corrected chi connectivity index (χ0v) is 10.3. The van der Waals surface area contributed by atoms with Gasteiger partial charge >= 0.3 is 0 Å². The van der Waals surface area contributed by atoms with Crippen molar-refractivity contribution in [3.8, 4) is 0 Å². The van der Waals surface area contributed by atoms with Crippen LogP contribution in [0.5, 0.6) is 0 Å². The third-order valence-electron chi connectivity index (χ3n) is 2.74. The van der Waals surface area contributed by atoms with Crippen molar-refractivity contribution in [2.24, 2.45) is 0 Å². The topological polar surface area (TPSA) is 12.0 Å². The third kappa shape index (κ3) is 3.19. The fourth-order valence-corrected chi connectivity index (χ4v) is 2.43. The summed E-state index contributed by atoms with van der Waals surface area (Å²) in [4.78, 5) is 0. The first-order chi connectivity index (χ1) is 7.86. The normalized spacial score (nSPS) is 12.6. The van der Waals surface area contributed by atoms with Crippen LogP contribution in [0.15, 0.2) is 47.2 Å². The van der Waals surface area contributed by atoms with Crippen molar-refractivity contribution in [1.82, 2.24) is 5.32 Å². The quantitative estimate of drug-likeness (QED) is 0.828. The van der Waals surface area contributed by atoms with Crippen LogP contribution >= 0.6 is 11.3 Å². The van der Waals surface area contributed by atoms with Crippen LogP contribution < -0.4 is 5.32 Å². The fourth-order valence-electron chi connectivity index (χ4n) is 1.73. The van der Waals surface area contributed by atoms with Gasteiger partial charge in [0.05, 0.1) is 0 Å². The van der Waals surface area contributed by atoms with Crippen molar-refractivity contribution in [3.05, 3.63) is 58.3 Å². The molecule has 0 saturated carbocycles. The minimum Gasteiger partial charge on any atom is -0.310 e. The van der Waals surface area contributed by atoms with E-state index in [9.17, 15) is 0 Å². The van der Waals surface area contributed by atoms with Gasteiger partial charge in [0, 0.05) is 6.04 Å². The number of benzene rings is 1. The summed E-state index contributed by atoms with van der Waals surface area (Å²) in [5.41, 5.74) is 2.78. The van der Waals surface area contributed by atoms with Crippen molar-refractivity contribution in [3.63, 3.8) is 0 Å². The molecule has 1 aromatic carbocycles. The molecule has 1 N–H and O–H groups in total. The molecule has 2 heteroatoms. The molecule has 1 nitrogen and oxygen atoms in total. The van der Waals surface area contributed by atoms with Crippen LogP contribution in [0.2, 0.25) is 0 Å². The largest absolute Gasteiger partial charge is 0.310 e. The highest BCUT2D eigenvalue weighted by Gasteiger charge is 2.02. The average molecular weight is 231 g/mol. The van der Waals surface area contributed by atoms with E-state index in [1.807, 2.05) is 0 Å². The maximum absolute atomic E-state index is 3.54. The molecule has 0 saturated heterocycles.